The Morgan fingerprint density at radius 2 is 1.74 bits per heavy atom. The van der Waals surface area contributed by atoms with Gasteiger partial charge in [0, 0.05) is 11.3 Å². The van der Waals surface area contributed by atoms with Crippen LogP contribution in [0.15, 0.2) is 48.5 Å². The van der Waals surface area contributed by atoms with Crippen molar-refractivity contribution >= 4 is 17.6 Å². The van der Waals surface area contributed by atoms with Gasteiger partial charge in [-0.05, 0) is 55.7 Å². The fraction of sp³-hybridized carbons (Fsp3) is 0.364. The molecule has 0 aliphatic heterocycles. The van der Waals surface area contributed by atoms with Gasteiger partial charge in [-0.1, -0.05) is 38.5 Å². The van der Waals surface area contributed by atoms with Crippen LogP contribution in [-0.2, 0) is 16.0 Å². The molecule has 0 aromatic heterocycles. The number of hydrogen-bond acceptors (Lipinski definition) is 4. The predicted molar refractivity (Wildman–Crippen MR) is 106 cm³/mol. The SMILES string of the molecule is CCCCOC(=O)[C@H](C)Oc1ccc(C(=O)Nc2ccccc2CC)cc1. The second-order valence-corrected chi connectivity index (χ2v) is 6.27. The van der Waals surface area contributed by atoms with Crippen molar-refractivity contribution in [1.82, 2.24) is 0 Å². The summed E-state index contributed by atoms with van der Waals surface area (Å²) >= 11 is 0. The quantitative estimate of drug-likeness (QED) is 0.518. The third-order valence-corrected chi connectivity index (χ3v) is 4.15. The Kier molecular flexibility index (Phi) is 7.86. The van der Waals surface area contributed by atoms with Gasteiger partial charge in [-0.3, -0.25) is 4.79 Å². The number of rotatable bonds is 9. The molecule has 0 spiro atoms. The summed E-state index contributed by atoms with van der Waals surface area (Å²) in [6.45, 7) is 6.13. The Balaban J connectivity index is 1.94. The molecule has 2 aromatic carbocycles. The third kappa shape index (κ3) is 6.13. The molecule has 1 amide bonds. The van der Waals surface area contributed by atoms with E-state index in [0.717, 1.165) is 30.5 Å². The number of unbranched alkanes of at least 4 members (excludes halogenated alkanes) is 1. The van der Waals surface area contributed by atoms with Crippen molar-refractivity contribution in [3.8, 4) is 5.75 Å². The number of hydrogen-bond donors (Lipinski definition) is 1. The van der Waals surface area contributed by atoms with E-state index in [9.17, 15) is 9.59 Å². The Morgan fingerprint density at radius 1 is 1.04 bits per heavy atom. The number of benzene rings is 2. The maximum atomic E-state index is 12.4. The second-order valence-electron chi connectivity index (χ2n) is 6.27. The van der Waals surface area contributed by atoms with E-state index in [1.165, 1.54) is 0 Å². The van der Waals surface area contributed by atoms with Crippen LogP contribution in [0.3, 0.4) is 0 Å². The first-order chi connectivity index (χ1) is 13.0. The van der Waals surface area contributed by atoms with E-state index in [4.69, 9.17) is 9.47 Å². The predicted octanol–water partition coefficient (Wildman–Crippen LogP) is 4.61. The van der Waals surface area contributed by atoms with Gasteiger partial charge < -0.3 is 14.8 Å². The monoisotopic (exact) mass is 369 g/mol. The number of carbonyl (C=O) groups excluding carboxylic acids is 2. The van der Waals surface area contributed by atoms with Crippen LogP contribution in [-0.4, -0.2) is 24.6 Å². The molecule has 0 unspecified atom stereocenters. The normalized spacial score (nSPS) is 11.5. The minimum Gasteiger partial charge on any atom is -0.479 e. The van der Waals surface area contributed by atoms with E-state index in [0.29, 0.717) is 17.9 Å². The molecule has 0 aliphatic rings. The van der Waals surface area contributed by atoms with E-state index >= 15 is 0 Å². The van der Waals surface area contributed by atoms with Gasteiger partial charge in [0.05, 0.1) is 6.61 Å². The molecule has 5 heteroatoms. The summed E-state index contributed by atoms with van der Waals surface area (Å²) in [4.78, 5) is 24.3. The molecule has 1 atom stereocenters. The van der Waals surface area contributed by atoms with Crippen LogP contribution in [0, 0.1) is 0 Å². The molecule has 5 nitrogen and oxygen atoms in total. The topological polar surface area (TPSA) is 64.6 Å². The van der Waals surface area contributed by atoms with Gasteiger partial charge in [0.25, 0.3) is 5.91 Å². The minimum atomic E-state index is -0.696. The standard InChI is InChI=1S/C22H27NO4/c1-4-6-15-26-22(25)16(3)27-19-13-11-18(12-14-19)21(24)23-20-10-8-7-9-17(20)5-2/h7-14,16H,4-6,15H2,1-3H3,(H,23,24)/t16-/m0/s1. The molecule has 1 N–H and O–H groups in total. The minimum absolute atomic E-state index is 0.186. The fourth-order valence-electron chi connectivity index (χ4n) is 2.52. The Labute approximate surface area is 160 Å². The lowest BCUT2D eigenvalue weighted by molar-refractivity contribution is -0.151. The van der Waals surface area contributed by atoms with Gasteiger partial charge in [-0.2, -0.15) is 0 Å². The lowest BCUT2D eigenvalue weighted by Crippen LogP contribution is -2.26. The summed E-state index contributed by atoms with van der Waals surface area (Å²) in [5, 5.41) is 2.93. The Hall–Kier alpha value is -2.82. The van der Waals surface area contributed by atoms with Gasteiger partial charge in [0.2, 0.25) is 0 Å². The molecule has 0 bridgehead atoms. The van der Waals surface area contributed by atoms with Gasteiger partial charge in [-0.25, -0.2) is 4.79 Å². The number of carbonyl (C=O) groups is 2. The molecular formula is C22H27NO4. The number of amides is 1. The molecule has 0 fully saturated rings. The van der Waals surface area contributed by atoms with Gasteiger partial charge in [0.1, 0.15) is 5.75 Å². The van der Waals surface area contributed by atoms with Crippen LogP contribution in [0.1, 0.15) is 49.5 Å². The number of aryl methyl sites for hydroxylation is 1. The number of anilines is 1. The van der Waals surface area contributed by atoms with Gasteiger partial charge in [-0.15, -0.1) is 0 Å². The molecule has 2 rings (SSSR count). The highest BCUT2D eigenvalue weighted by Gasteiger charge is 2.16. The number of para-hydroxylation sites is 1. The molecular weight excluding hydrogens is 342 g/mol. The van der Waals surface area contributed by atoms with Crippen LogP contribution in [0.2, 0.25) is 0 Å². The summed E-state index contributed by atoms with van der Waals surface area (Å²) in [6, 6.07) is 14.4. The van der Waals surface area contributed by atoms with Crippen LogP contribution >= 0.6 is 0 Å². The summed E-state index contributed by atoms with van der Waals surface area (Å²) in [6.07, 6.45) is 1.95. The molecule has 0 saturated heterocycles. The zero-order chi connectivity index (χ0) is 19.6. The Bertz CT molecular complexity index is 755. The van der Waals surface area contributed by atoms with Crippen LogP contribution in [0.5, 0.6) is 5.75 Å². The molecule has 0 saturated carbocycles. The van der Waals surface area contributed by atoms with Crippen LogP contribution in [0.25, 0.3) is 0 Å². The highest BCUT2D eigenvalue weighted by Crippen LogP contribution is 2.18. The van der Waals surface area contributed by atoms with E-state index in [-0.39, 0.29) is 11.9 Å². The molecule has 0 heterocycles. The van der Waals surface area contributed by atoms with E-state index in [2.05, 4.69) is 5.32 Å². The fourth-order valence-corrected chi connectivity index (χ4v) is 2.52. The van der Waals surface area contributed by atoms with Crippen molar-refractivity contribution in [2.45, 2.75) is 46.1 Å². The molecule has 27 heavy (non-hydrogen) atoms. The van der Waals surface area contributed by atoms with Crippen molar-refractivity contribution in [1.29, 1.82) is 0 Å². The smallest absolute Gasteiger partial charge is 0.347 e. The number of esters is 1. The average Bonchev–Trinajstić information content (AvgIpc) is 2.69. The average molecular weight is 369 g/mol. The largest absolute Gasteiger partial charge is 0.479 e. The van der Waals surface area contributed by atoms with E-state index in [1.54, 1.807) is 31.2 Å². The molecule has 144 valence electrons. The van der Waals surface area contributed by atoms with Crippen molar-refractivity contribution < 1.29 is 19.1 Å². The summed E-state index contributed by atoms with van der Waals surface area (Å²) in [7, 11) is 0. The number of ether oxygens (including phenoxy) is 2. The van der Waals surface area contributed by atoms with E-state index < -0.39 is 6.10 Å². The molecule has 0 aliphatic carbocycles. The van der Waals surface area contributed by atoms with Crippen LogP contribution < -0.4 is 10.1 Å². The van der Waals surface area contributed by atoms with Crippen LogP contribution in [0.4, 0.5) is 5.69 Å². The first kappa shape index (κ1) is 20.5. The van der Waals surface area contributed by atoms with Gasteiger partial charge >= 0.3 is 5.97 Å². The second kappa shape index (κ2) is 10.4. The molecule has 0 radical (unpaired) electrons. The lowest BCUT2D eigenvalue weighted by Gasteiger charge is -2.14. The summed E-state index contributed by atoms with van der Waals surface area (Å²) < 4.78 is 10.7. The lowest BCUT2D eigenvalue weighted by atomic mass is 10.1. The highest BCUT2D eigenvalue weighted by atomic mass is 16.6. The zero-order valence-electron chi connectivity index (χ0n) is 16.2. The molecule has 2 aromatic rings. The van der Waals surface area contributed by atoms with E-state index in [1.807, 2.05) is 38.1 Å². The highest BCUT2D eigenvalue weighted by molar-refractivity contribution is 6.04. The summed E-state index contributed by atoms with van der Waals surface area (Å²) in [5.74, 6) is -0.0589. The van der Waals surface area contributed by atoms with Crippen molar-refractivity contribution in [2.75, 3.05) is 11.9 Å². The first-order valence-electron chi connectivity index (χ1n) is 9.37. The maximum Gasteiger partial charge on any atom is 0.347 e. The number of nitrogens with one attached hydrogen (secondary N) is 1. The Morgan fingerprint density at radius 3 is 2.41 bits per heavy atom. The maximum absolute atomic E-state index is 12.4. The summed E-state index contributed by atoms with van der Waals surface area (Å²) in [5.41, 5.74) is 2.42. The first-order valence-corrected chi connectivity index (χ1v) is 9.37. The van der Waals surface area contributed by atoms with Crippen molar-refractivity contribution in [3.63, 3.8) is 0 Å². The zero-order valence-corrected chi connectivity index (χ0v) is 16.2. The van der Waals surface area contributed by atoms with Crippen molar-refractivity contribution in [3.05, 3.63) is 59.7 Å². The van der Waals surface area contributed by atoms with Gasteiger partial charge in [0.15, 0.2) is 6.10 Å². The third-order valence-electron chi connectivity index (χ3n) is 4.15. The van der Waals surface area contributed by atoms with Crippen molar-refractivity contribution in [2.24, 2.45) is 0 Å².